The first kappa shape index (κ1) is 19.6. The quantitative estimate of drug-likeness (QED) is 0.637. The summed E-state index contributed by atoms with van der Waals surface area (Å²) in [5.41, 5.74) is 3.23. The van der Waals surface area contributed by atoms with E-state index in [2.05, 4.69) is 12.1 Å². The second kappa shape index (κ2) is 9.18. The Morgan fingerprint density at radius 2 is 1.63 bits per heavy atom. The topological polar surface area (TPSA) is 37.4 Å². The molecule has 0 unspecified atom stereocenters. The summed E-state index contributed by atoms with van der Waals surface area (Å²) in [6.45, 7) is 3.24. The Balaban J connectivity index is 1.41. The summed E-state index contributed by atoms with van der Waals surface area (Å²) in [7, 11) is 0. The van der Waals surface area contributed by atoms with Crippen molar-refractivity contribution in [3.05, 3.63) is 70.2 Å². The molecule has 3 rings (SSSR count). The summed E-state index contributed by atoms with van der Waals surface area (Å²) < 4.78 is 0. The molecule has 0 saturated carbocycles. The van der Waals surface area contributed by atoms with Crippen molar-refractivity contribution in [2.24, 2.45) is 0 Å². The van der Waals surface area contributed by atoms with Crippen LogP contribution in [-0.2, 0) is 11.2 Å². The number of halogens is 1. The second-order valence-corrected chi connectivity index (χ2v) is 7.75. The number of benzene rings is 2. The van der Waals surface area contributed by atoms with Crippen LogP contribution in [0.3, 0.4) is 0 Å². The molecule has 27 heavy (non-hydrogen) atoms. The molecule has 0 spiro atoms. The first-order valence-electron chi connectivity index (χ1n) is 9.66. The van der Waals surface area contributed by atoms with Crippen LogP contribution in [0.1, 0.15) is 60.0 Å². The zero-order chi connectivity index (χ0) is 19.2. The minimum Gasteiger partial charge on any atom is -0.343 e. The number of Topliss-reactive ketones (excluding diaryl/α,β-unsaturated/α-hetero) is 1. The van der Waals surface area contributed by atoms with E-state index in [1.54, 1.807) is 6.92 Å². The van der Waals surface area contributed by atoms with Crippen LogP contribution in [0.4, 0.5) is 0 Å². The van der Waals surface area contributed by atoms with Crippen molar-refractivity contribution in [1.29, 1.82) is 0 Å². The number of amides is 1. The number of nitrogens with zero attached hydrogens (tertiary/aromatic N) is 1. The maximum absolute atomic E-state index is 12.5. The van der Waals surface area contributed by atoms with Gasteiger partial charge in [-0.3, -0.25) is 9.59 Å². The average molecular weight is 384 g/mol. The fourth-order valence-electron chi connectivity index (χ4n) is 3.71. The van der Waals surface area contributed by atoms with Gasteiger partial charge in [0.2, 0.25) is 5.91 Å². The number of likely N-dealkylation sites (tertiary alicyclic amines) is 1. The monoisotopic (exact) mass is 383 g/mol. The molecule has 0 atom stereocenters. The van der Waals surface area contributed by atoms with Crippen molar-refractivity contribution < 1.29 is 9.59 Å². The first-order chi connectivity index (χ1) is 13.0. The van der Waals surface area contributed by atoms with Gasteiger partial charge in [0.1, 0.15) is 0 Å². The zero-order valence-electron chi connectivity index (χ0n) is 15.8. The van der Waals surface area contributed by atoms with Gasteiger partial charge in [-0.25, -0.2) is 0 Å². The van der Waals surface area contributed by atoms with Crippen molar-refractivity contribution in [2.45, 2.75) is 44.9 Å². The highest BCUT2D eigenvalue weighted by Crippen LogP contribution is 2.29. The highest BCUT2D eigenvalue weighted by molar-refractivity contribution is 6.30. The molecular weight excluding hydrogens is 358 g/mol. The third-order valence-corrected chi connectivity index (χ3v) is 5.66. The maximum Gasteiger partial charge on any atom is 0.222 e. The van der Waals surface area contributed by atoms with Gasteiger partial charge in [0.05, 0.1) is 0 Å². The number of hydrogen-bond acceptors (Lipinski definition) is 2. The Hall–Kier alpha value is -2.13. The number of carbonyl (C=O) groups is 2. The third-order valence-electron chi connectivity index (χ3n) is 5.41. The van der Waals surface area contributed by atoms with E-state index in [4.69, 9.17) is 11.6 Å². The van der Waals surface area contributed by atoms with E-state index in [1.807, 2.05) is 41.3 Å². The molecular formula is C23H26ClNO2. The number of hydrogen-bond donors (Lipinski definition) is 0. The van der Waals surface area contributed by atoms with Gasteiger partial charge in [0, 0.05) is 30.1 Å². The molecule has 142 valence electrons. The SMILES string of the molecule is CC(=O)c1ccc(CCCC(=O)N2CCC(c3ccc(Cl)cc3)CC2)cc1. The maximum atomic E-state index is 12.5. The van der Waals surface area contributed by atoms with Crippen molar-refractivity contribution in [3.63, 3.8) is 0 Å². The van der Waals surface area contributed by atoms with E-state index < -0.39 is 0 Å². The molecule has 1 aliphatic rings. The summed E-state index contributed by atoms with van der Waals surface area (Å²) in [4.78, 5) is 25.8. The Bertz CT molecular complexity index is 775. The summed E-state index contributed by atoms with van der Waals surface area (Å²) in [5.74, 6) is 0.856. The molecule has 2 aromatic carbocycles. The number of carbonyl (C=O) groups excluding carboxylic acids is 2. The lowest BCUT2D eigenvalue weighted by molar-refractivity contribution is -0.132. The van der Waals surface area contributed by atoms with Crippen LogP contribution in [0.2, 0.25) is 5.02 Å². The lowest BCUT2D eigenvalue weighted by atomic mass is 9.89. The number of aryl methyl sites for hydroxylation is 1. The molecule has 2 aromatic rings. The average Bonchev–Trinajstić information content (AvgIpc) is 2.69. The summed E-state index contributed by atoms with van der Waals surface area (Å²) in [6, 6.07) is 15.8. The molecule has 0 bridgehead atoms. The van der Waals surface area contributed by atoms with Gasteiger partial charge in [0.15, 0.2) is 5.78 Å². The molecule has 1 fully saturated rings. The van der Waals surface area contributed by atoms with Crippen LogP contribution in [0.5, 0.6) is 0 Å². The van der Waals surface area contributed by atoms with Crippen LogP contribution in [0.15, 0.2) is 48.5 Å². The van der Waals surface area contributed by atoms with Gasteiger partial charge in [-0.2, -0.15) is 0 Å². The van der Waals surface area contributed by atoms with Crippen LogP contribution in [0.25, 0.3) is 0 Å². The van der Waals surface area contributed by atoms with E-state index >= 15 is 0 Å². The third kappa shape index (κ3) is 5.43. The van der Waals surface area contributed by atoms with Crippen molar-refractivity contribution >= 4 is 23.3 Å². The minimum atomic E-state index is 0.0822. The van der Waals surface area contributed by atoms with E-state index in [9.17, 15) is 9.59 Å². The van der Waals surface area contributed by atoms with Gasteiger partial charge in [0.25, 0.3) is 0 Å². The molecule has 1 amide bonds. The lowest BCUT2D eigenvalue weighted by Gasteiger charge is -2.32. The molecule has 1 heterocycles. The predicted octanol–water partition coefficient (Wildman–Crippen LogP) is 5.27. The van der Waals surface area contributed by atoms with Gasteiger partial charge < -0.3 is 4.90 Å². The molecule has 0 N–H and O–H groups in total. The number of piperidine rings is 1. The Morgan fingerprint density at radius 1 is 1.00 bits per heavy atom. The van der Waals surface area contributed by atoms with Crippen LogP contribution in [0, 0.1) is 0 Å². The van der Waals surface area contributed by atoms with Crippen LogP contribution in [-0.4, -0.2) is 29.7 Å². The Labute approximate surface area is 166 Å². The van der Waals surface area contributed by atoms with Crippen molar-refractivity contribution in [1.82, 2.24) is 4.90 Å². The smallest absolute Gasteiger partial charge is 0.222 e. The summed E-state index contributed by atoms with van der Waals surface area (Å²) >= 11 is 5.96. The number of ketones is 1. The van der Waals surface area contributed by atoms with Gasteiger partial charge in [-0.05, 0) is 61.8 Å². The van der Waals surface area contributed by atoms with Gasteiger partial charge >= 0.3 is 0 Å². The molecule has 4 heteroatoms. The van der Waals surface area contributed by atoms with Crippen molar-refractivity contribution in [3.8, 4) is 0 Å². The number of rotatable bonds is 6. The van der Waals surface area contributed by atoms with Crippen LogP contribution >= 0.6 is 11.6 Å². The first-order valence-corrected chi connectivity index (χ1v) is 10.0. The summed E-state index contributed by atoms with van der Waals surface area (Å²) in [6.07, 6.45) is 4.32. The van der Waals surface area contributed by atoms with E-state index in [0.717, 1.165) is 49.4 Å². The van der Waals surface area contributed by atoms with Gasteiger partial charge in [-0.15, -0.1) is 0 Å². The fraction of sp³-hybridized carbons (Fsp3) is 0.391. The minimum absolute atomic E-state index is 0.0822. The zero-order valence-corrected chi connectivity index (χ0v) is 16.5. The Morgan fingerprint density at radius 3 is 2.22 bits per heavy atom. The molecule has 0 radical (unpaired) electrons. The van der Waals surface area contributed by atoms with E-state index in [0.29, 0.717) is 12.3 Å². The molecule has 3 nitrogen and oxygen atoms in total. The lowest BCUT2D eigenvalue weighted by Crippen LogP contribution is -2.37. The van der Waals surface area contributed by atoms with E-state index in [1.165, 1.54) is 11.1 Å². The van der Waals surface area contributed by atoms with Gasteiger partial charge in [-0.1, -0.05) is 48.0 Å². The molecule has 1 saturated heterocycles. The molecule has 1 aliphatic heterocycles. The summed E-state index contributed by atoms with van der Waals surface area (Å²) in [5, 5.41) is 0.766. The molecule has 0 aromatic heterocycles. The fourth-order valence-corrected chi connectivity index (χ4v) is 3.83. The largest absolute Gasteiger partial charge is 0.343 e. The Kier molecular flexibility index (Phi) is 6.68. The van der Waals surface area contributed by atoms with E-state index in [-0.39, 0.29) is 11.7 Å². The normalized spacial score (nSPS) is 15.0. The van der Waals surface area contributed by atoms with Crippen molar-refractivity contribution in [2.75, 3.05) is 13.1 Å². The predicted molar refractivity (Wildman–Crippen MR) is 109 cm³/mol. The second-order valence-electron chi connectivity index (χ2n) is 7.31. The van der Waals surface area contributed by atoms with Crippen LogP contribution < -0.4 is 0 Å². The standard InChI is InChI=1S/C23H26ClNO2/c1-17(26)19-7-5-18(6-8-19)3-2-4-23(27)25-15-13-21(14-16-25)20-9-11-22(24)12-10-20/h5-12,21H,2-4,13-16H2,1H3. The highest BCUT2D eigenvalue weighted by atomic mass is 35.5. The molecule has 0 aliphatic carbocycles. The highest BCUT2D eigenvalue weighted by Gasteiger charge is 2.23.